The molecule has 1 saturated carbocycles. The first-order valence-electron chi connectivity index (χ1n) is 9.11. The zero-order chi connectivity index (χ0) is 18.4. The standard InChI is InChI=1S/C21H24N2O3/c1-2-26-19-13-11-18(12-14-19)23-21(25)16-7-9-17(10-8-16)22-20(24)15-5-3-4-6-15/h7-15H,2-6H2,1H3,(H,22,24)(H,23,25). The van der Waals surface area contributed by atoms with Gasteiger partial charge in [0.15, 0.2) is 0 Å². The topological polar surface area (TPSA) is 67.4 Å². The summed E-state index contributed by atoms with van der Waals surface area (Å²) in [6, 6.07) is 14.2. The highest BCUT2D eigenvalue weighted by molar-refractivity contribution is 6.04. The number of anilines is 2. The van der Waals surface area contributed by atoms with E-state index in [9.17, 15) is 9.59 Å². The number of rotatable bonds is 6. The monoisotopic (exact) mass is 352 g/mol. The molecule has 0 atom stereocenters. The van der Waals surface area contributed by atoms with Crippen molar-refractivity contribution in [2.45, 2.75) is 32.6 Å². The predicted octanol–water partition coefficient (Wildman–Crippen LogP) is 4.47. The molecule has 1 fully saturated rings. The van der Waals surface area contributed by atoms with Crippen LogP contribution in [0.4, 0.5) is 11.4 Å². The van der Waals surface area contributed by atoms with Crippen LogP contribution in [0.1, 0.15) is 43.0 Å². The summed E-state index contributed by atoms with van der Waals surface area (Å²) in [5.41, 5.74) is 1.97. The van der Waals surface area contributed by atoms with Crippen LogP contribution < -0.4 is 15.4 Å². The van der Waals surface area contributed by atoms with E-state index < -0.39 is 0 Å². The number of hydrogen-bond donors (Lipinski definition) is 2. The SMILES string of the molecule is CCOc1ccc(NC(=O)c2ccc(NC(=O)C3CCCC3)cc2)cc1. The van der Waals surface area contributed by atoms with Crippen molar-refractivity contribution in [2.24, 2.45) is 5.92 Å². The van der Waals surface area contributed by atoms with Gasteiger partial charge in [-0.3, -0.25) is 9.59 Å². The molecule has 3 rings (SSSR count). The smallest absolute Gasteiger partial charge is 0.255 e. The first-order chi connectivity index (χ1) is 12.7. The van der Waals surface area contributed by atoms with Crippen molar-refractivity contribution in [3.8, 4) is 5.75 Å². The van der Waals surface area contributed by atoms with Crippen molar-refractivity contribution in [3.05, 3.63) is 54.1 Å². The zero-order valence-electron chi connectivity index (χ0n) is 15.0. The Morgan fingerprint density at radius 2 is 1.50 bits per heavy atom. The van der Waals surface area contributed by atoms with Crippen molar-refractivity contribution in [1.29, 1.82) is 0 Å². The third-order valence-corrected chi connectivity index (χ3v) is 4.56. The van der Waals surface area contributed by atoms with Crippen molar-refractivity contribution < 1.29 is 14.3 Å². The Morgan fingerprint density at radius 1 is 0.923 bits per heavy atom. The molecule has 26 heavy (non-hydrogen) atoms. The third-order valence-electron chi connectivity index (χ3n) is 4.56. The first-order valence-corrected chi connectivity index (χ1v) is 9.11. The lowest BCUT2D eigenvalue weighted by molar-refractivity contribution is -0.119. The lowest BCUT2D eigenvalue weighted by atomic mass is 10.1. The minimum absolute atomic E-state index is 0.0779. The van der Waals surface area contributed by atoms with Crippen LogP contribution in [0.2, 0.25) is 0 Å². The van der Waals surface area contributed by atoms with Gasteiger partial charge in [-0.1, -0.05) is 12.8 Å². The third kappa shape index (κ3) is 4.63. The summed E-state index contributed by atoms with van der Waals surface area (Å²) in [5, 5.41) is 5.78. The highest BCUT2D eigenvalue weighted by Gasteiger charge is 2.22. The van der Waals surface area contributed by atoms with Crippen LogP contribution in [-0.2, 0) is 4.79 Å². The Hall–Kier alpha value is -2.82. The molecule has 0 spiro atoms. The average molecular weight is 352 g/mol. The Bertz CT molecular complexity index is 748. The Labute approximate surface area is 153 Å². The molecule has 1 aliphatic rings. The summed E-state index contributed by atoms with van der Waals surface area (Å²) >= 11 is 0. The minimum atomic E-state index is -0.192. The fourth-order valence-electron chi connectivity index (χ4n) is 3.14. The highest BCUT2D eigenvalue weighted by Crippen LogP contribution is 2.26. The fraction of sp³-hybridized carbons (Fsp3) is 0.333. The molecule has 0 radical (unpaired) electrons. The van der Waals surface area contributed by atoms with Gasteiger partial charge in [-0.25, -0.2) is 0 Å². The zero-order valence-corrected chi connectivity index (χ0v) is 15.0. The summed E-state index contributed by atoms with van der Waals surface area (Å²) in [7, 11) is 0. The van der Waals surface area contributed by atoms with Crippen molar-refractivity contribution in [2.75, 3.05) is 17.2 Å². The summed E-state index contributed by atoms with van der Waals surface area (Å²) in [6.07, 6.45) is 4.19. The summed E-state index contributed by atoms with van der Waals surface area (Å²) in [6.45, 7) is 2.53. The lowest BCUT2D eigenvalue weighted by Crippen LogP contribution is -2.20. The van der Waals surface area contributed by atoms with E-state index in [2.05, 4.69) is 10.6 Å². The minimum Gasteiger partial charge on any atom is -0.494 e. The quantitative estimate of drug-likeness (QED) is 0.806. The van der Waals surface area contributed by atoms with Crippen LogP contribution in [0.25, 0.3) is 0 Å². The lowest BCUT2D eigenvalue weighted by Gasteiger charge is -2.11. The van der Waals surface area contributed by atoms with Gasteiger partial charge in [0, 0.05) is 22.9 Å². The van der Waals surface area contributed by atoms with E-state index in [4.69, 9.17) is 4.74 Å². The van der Waals surface area contributed by atoms with Crippen LogP contribution in [0.15, 0.2) is 48.5 Å². The molecule has 5 nitrogen and oxygen atoms in total. The molecule has 0 aromatic heterocycles. The molecule has 0 saturated heterocycles. The molecule has 0 heterocycles. The molecule has 0 aliphatic heterocycles. The number of nitrogens with one attached hydrogen (secondary N) is 2. The molecular formula is C21H24N2O3. The molecule has 136 valence electrons. The Morgan fingerprint density at radius 3 is 2.12 bits per heavy atom. The van der Waals surface area contributed by atoms with Crippen LogP contribution in [0, 0.1) is 5.92 Å². The summed E-state index contributed by atoms with van der Waals surface area (Å²) in [5.74, 6) is 0.780. The van der Waals surface area contributed by atoms with Gasteiger partial charge in [0.25, 0.3) is 5.91 Å². The van der Waals surface area contributed by atoms with E-state index >= 15 is 0 Å². The molecule has 5 heteroatoms. The van der Waals surface area contributed by atoms with E-state index in [1.807, 2.05) is 19.1 Å². The molecule has 0 unspecified atom stereocenters. The van der Waals surface area contributed by atoms with Gasteiger partial charge in [-0.15, -0.1) is 0 Å². The first kappa shape index (κ1) is 18.0. The van der Waals surface area contributed by atoms with E-state index in [1.165, 1.54) is 0 Å². The molecule has 2 aromatic rings. The second-order valence-corrected chi connectivity index (χ2v) is 6.46. The number of benzene rings is 2. The largest absolute Gasteiger partial charge is 0.494 e. The van der Waals surface area contributed by atoms with Crippen LogP contribution in [0.5, 0.6) is 5.75 Å². The normalized spacial score (nSPS) is 14.0. The van der Waals surface area contributed by atoms with E-state index in [0.717, 1.165) is 37.1 Å². The second kappa shape index (κ2) is 8.52. The molecular weight excluding hydrogens is 328 g/mol. The van der Waals surface area contributed by atoms with Crippen LogP contribution >= 0.6 is 0 Å². The number of ether oxygens (including phenoxy) is 1. The fourth-order valence-corrected chi connectivity index (χ4v) is 3.14. The van der Waals surface area contributed by atoms with Crippen molar-refractivity contribution >= 4 is 23.2 Å². The number of carbonyl (C=O) groups is 2. The maximum Gasteiger partial charge on any atom is 0.255 e. The Kier molecular flexibility index (Phi) is 5.89. The molecule has 1 aliphatic carbocycles. The Balaban J connectivity index is 1.57. The van der Waals surface area contributed by atoms with Gasteiger partial charge < -0.3 is 15.4 Å². The maximum atomic E-state index is 12.3. The van der Waals surface area contributed by atoms with Crippen molar-refractivity contribution in [1.82, 2.24) is 0 Å². The van der Waals surface area contributed by atoms with E-state index in [-0.39, 0.29) is 17.7 Å². The maximum absolute atomic E-state index is 12.3. The highest BCUT2D eigenvalue weighted by atomic mass is 16.5. The molecule has 2 amide bonds. The number of hydrogen-bond acceptors (Lipinski definition) is 3. The summed E-state index contributed by atoms with van der Waals surface area (Å²) in [4.78, 5) is 24.5. The molecule has 2 aromatic carbocycles. The van der Waals surface area contributed by atoms with Crippen LogP contribution in [0.3, 0.4) is 0 Å². The van der Waals surface area contributed by atoms with Crippen molar-refractivity contribution in [3.63, 3.8) is 0 Å². The number of carbonyl (C=O) groups excluding carboxylic acids is 2. The summed E-state index contributed by atoms with van der Waals surface area (Å²) < 4.78 is 5.38. The van der Waals surface area contributed by atoms with E-state index in [0.29, 0.717) is 17.9 Å². The predicted molar refractivity (Wildman–Crippen MR) is 103 cm³/mol. The van der Waals surface area contributed by atoms with Gasteiger partial charge in [0.1, 0.15) is 5.75 Å². The molecule has 0 bridgehead atoms. The van der Waals surface area contributed by atoms with Gasteiger partial charge >= 0.3 is 0 Å². The van der Waals surface area contributed by atoms with Gasteiger partial charge in [0.05, 0.1) is 6.61 Å². The van der Waals surface area contributed by atoms with Crippen LogP contribution in [-0.4, -0.2) is 18.4 Å². The second-order valence-electron chi connectivity index (χ2n) is 6.46. The van der Waals surface area contributed by atoms with E-state index in [1.54, 1.807) is 36.4 Å². The van der Waals surface area contributed by atoms with Gasteiger partial charge in [-0.05, 0) is 68.3 Å². The average Bonchev–Trinajstić information content (AvgIpc) is 3.19. The number of amides is 2. The molecule has 2 N–H and O–H groups in total. The van der Waals surface area contributed by atoms with Gasteiger partial charge in [0.2, 0.25) is 5.91 Å². The van der Waals surface area contributed by atoms with Gasteiger partial charge in [-0.2, -0.15) is 0 Å².